The molecule has 64 valence electrons. The van der Waals surface area contributed by atoms with E-state index in [1.165, 1.54) is 0 Å². The molecule has 0 aromatic carbocycles. The molecule has 0 fully saturated rings. The minimum Gasteiger partial charge on any atom is -0.349 e. The van der Waals surface area contributed by atoms with E-state index in [0.717, 1.165) is 18.8 Å². The Morgan fingerprint density at radius 2 is 2.67 bits per heavy atom. The van der Waals surface area contributed by atoms with E-state index in [4.69, 9.17) is 12.2 Å². The summed E-state index contributed by atoms with van der Waals surface area (Å²) in [6.07, 6.45) is 10.5. The molecule has 1 atom stereocenters. The van der Waals surface area contributed by atoms with Crippen LogP contribution in [0.2, 0.25) is 0 Å². The van der Waals surface area contributed by atoms with Gasteiger partial charge in [0.1, 0.15) is 5.84 Å². The van der Waals surface area contributed by atoms with Crippen LogP contribution in [0, 0.1) is 12.3 Å². The molecular formula is C9H13N3. The van der Waals surface area contributed by atoms with Gasteiger partial charge < -0.3 is 11.1 Å². The largest absolute Gasteiger partial charge is 0.349 e. The third kappa shape index (κ3) is 2.40. The maximum absolute atomic E-state index is 5.76. The monoisotopic (exact) mass is 163 g/mol. The van der Waals surface area contributed by atoms with Crippen LogP contribution >= 0.6 is 0 Å². The molecule has 0 aromatic heterocycles. The lowest BCUT2D eigenvalue weighted by Crippen LogP contribution is -2.38. The van der Waals surface area contributed by atoms with E-state index in [0.29, 0.717) is 6.42 Å². The molecule has 1 aliphatic heterocycles. The molecule has 0 radical (unpaired) electrons. The van der Waals surface area contributed by atoms with Crippen molar-refractivity contribution >= 4 is 5.84 Å². The van der Waals surface area contributed by atoms with Crippen LogP contribution in [-0.2, 0) is 0 Å². The number of hydrogen-bond acceptors (Lipinski definition) is 3. The van der Waals surface area contributed by atoms with Crippen molar-refractivity contribution in [1.82, 2.24) is 5.32 Å². The second kappa shape index (κ2) is 4.58. The summed E-state index contributed by atoms with van der Waals surface area (Å²) in [4.78, 5) is 4.26. The van der Waals surface area contributed by atoms with E-state index in [2.05, 4.69) is 16.2 Å². The van der Waals surface area contributed by atoms with Crippen molar-refractivity contribution in [2.24, 2.45) is 10.7 Å². The van der Waals surface area contributed by atoms with E-state index in [9.17, 15) is 0 Å². The van der Waals surface area contributed by atoms with Crippen molar-refractivity contribution in [3.63, 3.8) is 0 Å². The molecule has 0 saturated heterocycles. The van der Waals surface area contributed by atoms with Gasteiger partial charge in [-0.05, 0) is 12.6 Å². The van der Waals surface area contributed by atoms with Crippen LogP contribution in [0.3, 0.4) is 0 Å². The molecule has 0 aromatic rings. The van der Waals surface area contributed by atoms with Crippen molar-refractivity contribution < 1.29 is 0 Å². The third-order valence-corrected chi connectivity index (χ3v) is 1.62. The molecule has 1 rings (SSSR count). The highest BCUT2D eigenvalue weighted by Crippen LogP contribution is 1.95. The first-order chi connectivity index (χ1) is 5.84. The van der Waals surface area contributed by atoms with E-state index in [1.807, 2.05) is 12.3 Å². The van der Waals surface area contributed by atoms with Crippen LogP contribution in [0.4, 0.5) is 0 Å². The fourth-order valence-corrected chi connectivity index (χ4v) is 0.981. The Labute approximate surface area is 72.7 Å². The van der Waals surface area contributed by atoms with Gasteiger partial charge in [0.2, 0.25) is 0 Å². The highest BCUT2D eigenvalue weighted by Gasteiger charge is 2.08. The van der Waals surface area contributed by atoms with Gasteiger partial charge in [0, 0.05) is 13.0 Å². The van der Waals surface area contributed by atoms with Gasteiger partial charge in [-0.2, -0.15) is 0 Å². The summed E-state index contributed by atoms with van der Waals surface area (Å²) in [6.45, 7) is 0.789. The Hall–Kier alpha value is -1.27. The van der Waals surface area contributed by atoms with Gasteiger partial charge >= 0.3 is 0 Å². The van der Waals surface area contributed by atoms with Gasteiger partial charge in [0.05, 0.1) is 6.04 Å². The van der Waals surface area contributed by atoms with Gasteiger partial charge in [-0.3, -0.25) is 4.99 Å². The number of terminal acetylenes is 1. The predicted molar refractivity (Wildman–Crippen MR) is 50.6 cm³/mol. The first-order valence-electron chi connectivity index (χ1n) is 3.99. The first kappa shape index (κ1) is 8.82. The van der Waals surface area contributed by atoms with Crippen LogP contribution in [0.15, 0.2) is 17.3 Å². The SMILES string of the molecule is C#CCC(N)C1=NCCC=CN1. The summed E-state index contributed by atoms with van der Waals surface area (Å²) in [6, 6.07) is -0.155. The quantitative estimate of drug-likeness (QED) is 0.573. The van der Waals surface area contributed by atoms with Crippen LogP contribution in [0.1, 0.15) is 12.8 Å². The van der Waals surface area contributed by atoms with Crippen molar-refractivity contribution in [2.45, 2.75) is 18.9 Å². The maximum atomic E-state index is 5.76. The summed E-state index contributed by atoms with van der Waals surface area (Å²) >= 11 is 0. The maximum Gasteiger partial charge on any atom is 0.118 e. The van der Waals surface area contributed by atoms with Crippen molar-refractivity contribution in [1.29, 1.82) is 0 Å². The summed E-state index contributed by atoms with van der Waals surface area (Å²) in [5.41, 5.74) is 5.76. The van der Waals surface area contributed by atoms with Gasteiger partial charge in [-0.25, -0.2) is 0 Å². The molecule has 3 heteroatoms. The van der Waals surface area contributed by atoms with Crippen LogP contribution in [-0.4, -0.2) is 18.4 Å². The summed E-state index contributed by atoms with van der Waals surface area (Å²) in [5.74, 6) is 3.31. The van der Waals surface area contributed by atoms with E-state index >= 15 is 0 Å². The van der Waals surface area contributed by atoms with Crippen molar-refractivity contribution in [2.75, 3.05) is 6.54 Å². The fourth-order valence-electron chi connectivity index (χ4n) is 0.981. The van der Waals surface area contributed by atoms with Gasteiger partial charge in [0.15, 0.2) is 0 Å². The molecule has 0 aliphatic carbocycles. The molecule has 0 amide bonds. The highest BCUT2D eigenvalue weighted by molar-refractivity contribution is 5.88. The Balaban J connectivity index is 2.55. The average molecular weight is 163 g/mol. The fraction of sp³-hybridized carbons (Fsp3) is 0.444. The Bertz CT molecular complexity index is 235. The number of aliphatic imine (C=N–C) groups is 1. The lowest BCUT2D eigenvalue weighted by molar-refractivity contribution is 0.853. The highest BCUT2D eigenvalue weighted by atomic mass is 15.0. The Morgan fingerprint density at radius 3 is 3.42 bits per heavy atom. The molecule has 3 N–H and O–H groups in total. The summed E-state index contributed by atoms with van der Waals surface area (Å²) < 4.78 is 0. The number of hydrogen-bond donors (Lipinski definition) is 2. The van der Waals surface area contributed by atoms with Crippen LogP contribution in [0.25, 0.3) is 0 Å². The third-order valence-electron chi connectivity index (χ3n) is 1.62. The van der Waals surface area contributed by atoms with Crippen LogP contribution < -0.4 is 11.1 Å². The van der Waals surface area contributed by atoms with Gasteiger partial charge in [0.25, 0.3) is 0 Å². The number of nitrogens with one attached hydrogen (secondary N) is 1. The smallest absolute Gasteiger partial charge is 0.118 e. The average Bonchev–Trinajstić information content (AvgIpc) is 2.32. The zero-order valence-electron chi connectivity index (χ0n) is 6.96. The van der Waals surface area contributed by atoms with E-state index < -0.39 is 0 Å². The standard InChI is InChI=1S/C9H13N3/c1-2-5-8(10)9-11-6-3-4-7-12-9/h1,3,6,8H,4-5,7,10H2,(H,11,12). The Kier molecular flexibility index (Phi) is 3.36. The molecule has 1 aliphatic rings. The second-order valence-corrected chi connectivity index (χ2v) is 2.62. The molecule has 0 bridgehead atoms. The van der Waals surface area contributed by atoms with Crippen molar-refractivity contribution in [3.05, 3.63) is 12.3 Å². The molecule has 3 nitrogen and oxygen atoms in total. The number of nitrogens with two attached hydrogens (primary N) is 1. The second-order valence-electron chi connectivity index (χ2n) is 2.62. The van der Waals surface area contributed by atoms with Crippen molar-refractivity contribution in [3.8, 4) is 12.3 Å². The first-order valence-corrected chi connectivity index (χ1v) is 3.99. The zero-order chi connectivity index (χ0) is 8.81. The van der Waals surface area contributed by atoms with E-state index in [-0.39, 0.29) is 6.04 Å². The molecule has 0 spiro atoms. The molecule has 12 heavy (non-hydrogen) atoms. The Morgan fingerprint density at radius 1 is 1.83 bits per heavy atom. The molecule has 0 saturated carbocycles. The lowest BCUT2D eigenvalue weighted by Gasteiger charge is -2.10. The summed E-state index contributed by atoms with van der Waals surface area (Å²) in [7, 11) is 0. The number of nitrogens with zero attached hydrogens (tertiary/aromatic N) is 1. The molecule has 1 unspecified atom stereocenters. The van der Waals surface area contributed by atoms with Gasteiger partial charge in [-0.15, -0.1) is 12.3 Å². The molecule has 1 heterocycles. The lowest BCUT2D eigenvalue weighted by atomic mass is 10.2. The number of amidine groups is 1. The van der Waals surface area contributed by atoms with E-state index in [1.54, 1.807) is 0 Å². The molecular weight excluding hydrogens is 150 g/mol. The predicted octanol–water partition coefficient (Wildman–Crippen LogP) is 0.242. The normalized spacial score (nSPS) is 18.5. The number of rotatable bonds is 2. The summed E-state index contributed by atoms with van der Waals surface area (Å²) in [5, 5.41) is 3.02. The van der Waals surface area contributed by atoms with Crippen LogP contribution in [0.5, 0.6) is 0 Å². The van der Waals surface area contributed by atoms with Gasteiger partial charge in [-0.1, -0.05) is 6.08 Å². The zero-order valence-corrected chi connectivity index (χ0v) is 6.96. The topological polar surface area (TPSA) is 50.4 Å². The minimum absolute atomic E-state index is 0.155. The minimum atomic E-state index is -0.155.